The van der Waals surface area contributed by atoms with Gasteiger partial charge in [0.15, 0.2) is 0 Å². The van der Waals surface area contributed by atoms with Crippen molar-refractivity contribution in [2.24, 2.45) is 5.92 Å². The van der Waals surface area contributed by atoms with Crippen molar-refractivity contribution < 1.29 is 19.2 Å². The topological polar surface area (TPSA) is 98.8 Å². The summed E-state index contributed by atoms with van der Waals surface area (Å²) in [5.41, 5.74) is 1.28. The average Bonchev–Trinajstić information content (AvgIpc) is 2.61. The van der Waals surface area contributed by atoms with Gasteiger partial charge >= 0.3 is 6.03 Å². The summed E-state index contributed by atoms with van der Waals surface area (Å²) in [6, 6.07) is -0.669. The van der Waals surface area contributed by atoms with Crippen LogP contribution >= 0.6 is 0 Å². The Balaban J connectivity index is 2.10. The number of hydrogen-bond acceptors (Lipinski definition) is 4. The van der Waals surface area contributed by atoms with E-state index in [9.17, 15) is 19.2 Å². The number of urea groups is 1. The lowest BCUT2D eigenvalue weighted by Crippen LogP contribution is -2.52. The van der Waals surface area contributed by atoms with E-state index < -0.39 is 29.3 Å². The zero-order chi connectivity index (χ0) is 16.5. The fraction of sp³-hybridized carbons (Fsp3) is 0.714. The zero-order valence-electron chi connectivity index (χ0n) is 13.1. The van der Waals surface area contributed by atoms with Crippen LogP contribution in [0.2, 0.25) is 0 Å². The zero-order valence-corrected chi connectivity index (χ0v) is 13.1. The van der Waals surface area contributed by atoms with Gasteiger partial charge in [-0.15, -0.1) is 0 Å². The number of rotatable bonds is 3. The van der Waals surface area contributed by atoms with Crippen molar-refractivity contribution in [3.8, 4) is 0 Å². The smallest absolute Gasteiger partial charge is 0.344 e. The summed E-state index contributed by atoms with van der Waals surface area (Å²) < 4.78 is 0. The largest absolute Gasteiger partial charge is 0.345 e. The first-order chi connectivity index (χ1) is 10.3. The van der Waals surface area contributed by atoms with Crippen molar-refractivity contribution >= 4 is 23.8 Å². The number of carbonyl (C=O) groups is 4. The van der Waals surface area contributed by atoms with E-state index in [-0.39, 0.29) is 5.91 Å². The molecule has 2 N–H and O–H groups in total. The number of nitrogens with zero attached hydrogens (tertiary/aromatic N) is 2. The van der Waals surface area contributed by atoms with Gasteiger partial charge in [-0.05, 0) is 26.2 Å². The molecular weight excluding hydrogens is 288 g/mol. The third-order valence-corrected chi connectivity index (χ3v) is 4.42. The highest BCUT2D eigenvalue weighted by atomic mass is 16.2. The van der Waals surface area contributed by atoms with Crippen LogP contribution in [0.1, 0.15) is 39.5 Å². The van der Waals surface area contributed by atoms with Crippen LogP contribution in [-0.4, -0.2) is 52.8 Å². The summed E-state index contributed by atoms with van der Waals surface area (Å²) in [5, 5.41) is 3.23. The van der Waals surface area contributed by atoms with Gasteiger partial charge in [0, 0.05) is 13.6 Å². The second-order valence-corrected chi connectivity index (χ2v) is 6.04. The van der Waals surface area contributed by atoms with Crippen LogP contribution in [0.15, 0.2) is 0 Å². The summed E-state index contributed by atoms with van der Waals surface area (Å²) in [6.07, 6.45) is 2.42. The van der Waals surface area contributed by atoms with Crippen molar-refractivity contribution in [1.29, 1.82) is 0 Å². The van der Waals surface area contributed by atoms with Crippen molar-refractivity contribution in [2.75, 3.05) is 13.6 Å². The van der Waals surface area contributed by atoms with Gasteiger partial charge in [0.25, 0.3) is 11.8 Å². The van der Waals surface area contributed by atoms with Crippen LogP contribution in [0, 0.1) is 5.92 Å². The molecule has 2 unspecified atom stereocenters. The fourth-order valence-corrected chi connectivity index (χ4v) is 2.65. The van der Waals surface area contributed by atoms with E-state index in [1.165, 1.54) is 4.90 Å². The van der Waals surface area contributed by atoms with Gasteiger partial charge in [0.1, 0.15) is 11.5 Å². The summed E-state index contributed by atoms with van der Waals surface area (Å²) >= 11 is 0. The highest BCUT2D eigenvalue weighted by Gasteiger charge is 2.48. The summed E-state index contributed by atoms with van der Waals surface area (Å²) in [5.74, 6) is -2.26. The number of hydrogen-bond donors (Lipinski definition) is 2. The van der Waals surface area contributed by atoms with Crippen LogP contribution in [0.5, 0.6) is 0 Å². The Morgan fingerprint density at radius 2 is 2.05 bits per heavy atom. The first-order valence-electron chi connectivity index (χ1n) is 7.52. The number of amides is 5. The predicted molar refractivity (Wildman–Crippen MR) is 77.2 cm³/mol. The molecule has 22 heavy (non-hydrogen) atoms. The van der Waals surface area contributed by atoms with E-state index in [1.807, 2.05) is 0 Å². The molecule has 5 amide bonds. The molecule has 0 aromatic carbocycles. The molecule has 2 saturated heterocycles. The molecule has 8 nitrogen and oxygen atoms in total. The lowest BCUT2D eigenvalue weighted by molar-refractivity contribution is -0.146. The second-order valence-electron chi connectivity index (χ2n) is 6.04. The number of carbonyl (C=O) groups excluding carboxylic acids is 4. The van der Waals surface area contributed by atoms with Crippen molar-refractivity contribution in [1.82, 2.24) is 20.7 Å². The standard InChI is InChI=1S/C14H22N4O4/c1-4-14(2)12(21)18(13(22)15-14)16-10(19)9-7-5-6-8-17(3)11(9)20/h9H,4-8H2,1-3H3,(H,15,22)(H,16,19). The minimum atomic E-state index is -1.02. The van der Waals surface area contributed by atoms with Crippen molar-refractivity contribution in [3.05, 3.63) is 0 Å². The van der Waals surface area contributed by atoms with Gasteiger partial charge in [0.2, 0.25) is 5.91 Å². The Hall–Kier alpha value is -2.12. The number of hydrazine groups is 1. The minimum absolute atomic E-state index is 0.277. The van der Waals surface area contributed by atoms with E-state index in [4.69, 9.17) is 0 Å². The minimum Gasteiger partial charge on any atom is -0.345 e. The van der Waals surface area contributed by atoms with E-state index in [1.54, 1.807) is 20.9 Å². The van der Waals surface area contributed by atoms with Gasteiger partial charge < -0.3 is 10.2 Å². The van der Waals surface area contributed by atoms with Crippen LogP contribution in [0.25, 0.3) is 0 Å². The Labute approximate surface area is 129 Å². The number of imide groups is 1. The predicted octanol–water partition coefficient (Wildman–Crippen LogP) is -0.00340. The molecule has 0 spiro atoms. The maximum atomic E-state index is 12.3. The summed E-state index contributed by atoms with van der Waals surface area (Å²) in [6.45, 7) is 3.98. The van der Waals surface area contributed by atoms with E-state index in [0.717, 1.165) is 12.8 Å². The Morgan fingerprint density at radius 3 is 2.64 bits per heavy atom. The molecule has 0 bridgehead atoms. The van der Waals surface area contributed by atoms with Crippen LogP contribution in [0.4, 0.5) is 4.79 Å². The SMILES string of the molecule is CCC1(C)NC(=O)N(NC(=O)C2CCCCN(C)C2=O)C1=O. The Bertz CT molecular complexity index is 521. The first-order valence-corrected chi connectivity index (χ1v) is 7.52. The summed E-state index contributed by atoms with van der Waals surface area (Å²) in [4.78, 5) is 50.1. The Kier molecular flexibility index (Phi) is 4.39. The van der Waals surface area contributed by atoms with E-state index in [2.05, 4.69) is 10.7 Å². The molecule has 8 heteroatoms. The highest BCUT2D eigenvalue weighted by molar-refractivity contribution is 6.09. The molecule has 2 aliphatic rings. The van der Waals surface area contributed by atoms with Crippen molar-refractivity contribution in [3.63, 3.8) is 0 Å². The van der Waals surface area contributed by atoms with E-state index in [0.29, 0.717) is 24.4 Å². The molecule has 122 valence electrons. The first kappa shape index (κ1) is 16.3. The van der Waals surface area contributed by atoms with Crippen LogP contribution in [0.3, 0.4) is 0 Å². The van der Waals surface area contributed by atoms with Crippen LogP contribution < -0.4 is 10.7 Å². The average molecular weight is 310 g/mol. The molecular formula is C14H22N4O4. The quantitative estimate of drug-likeness (QED) is 0.566. The lowest BCUT2D eigenvalue weighted by Gasteiger charge is -2.22. The summed E-state index contributed by atoms with van der Waals surface area (Å²) in [7, 11) is 1.65. The second kappa shape index (κ2) is 5.94. The number of likely N-dealkylation sites (tertiary alicyclic amines) is 1. The molecule has 0 radical (unpaired) electrons. The molecule has 0 saturated carbocycles. The normalized spacial score (nSPS) is 29.4. The molecule has 0 aromatic heterocycles. The van der Waals surface area contributed by atoms with E-state index >= 15 is 0 Å². The molecule has 2 heterocycles. The Morgan fingerprint density at radius 1 is 1.36 bits per heavy atom. The molecule has 0 aliphatic carbocycles. The van der Waals surface area contributed by atoms with Crippen LogP contribution in [-0.2, 0) is 14.4 Å². The number of nitrogens with one attached hydrogen (secondary N) is 2. The lowest BCUT2D eigenvalue weighted by atomic mass is 10.00. The maximum absolute atomic E-state index is 12.3. The maximum Gasteiger partial charge on any atom is 0.344 e. The van der Waals surface area contributed by atoms with Gasteiger partial charge in [-0.2, -0.15) is 5.01 Å². The highest BCUT2D eigenvalue weighted by Crippen LogP contribution is 2.21. The van der Waals surface area contributed by atoms with Gasteiger partial charge in [0.05, 0.1) is 0 Å². The molecule has 0 aromatic rings. The third kappa shape index (κ3) is 2.77. The molecule has 2 aliphatic heterocycles. The monoisotopic (exact) mass is 310 g/mol. The molecule has 2 rings (SSSR count). The van der Waals surface area contributed by atoms with Gasteiger partial charge in [-0.25, -0.2) is 4.79 Å². The molecule has 2 atom stereocenters. The fourth-order valence-electron chi connectivity index (χ4n) is 2.65. The third-order valence-electron chi connectivity index (χ3n) is 4.42. The molecule has 2 fully saturated rings. The van der Waals surface area contributed by atoms with Crippen molar-refractivity contribution in [2.45, 2.75) is 45.1 Å². The van der Waals surface area contributed by atoms with Gasteiger partial charge in [-0.3, -0.25) is 19.8 Å². The van der Waals surface area contributed by atoms with Gasteiger partial charge in [-0.1, -0.05) is 13.3 Å².